The molecule has 2 heterocycles. The van der Waals surface area contributed by atoms with Crippen molar-refractivity contribution in [1.29, 1.82) is 0 Å². The molecule has 2 fully saturated rings. The Kier molecular flexibility index (Phi) is 4.06. The zero-order valence-electron chi connectivity index (χ0n) is 14.8. The van der Waals surface area contributed by atoms with Crippen LogP contribution < -0.4 is 5.32 Å². The van der Waals surface area contributed by atoms with Crippen LogP contribution in [0.4, 0.5) is 5.69 Å². The molecule has 0 unspecified atom stereocenters. The fourth-order valence-electron chi connectivity index (χ4n) is 4.40. The normalized spacial score (nSPS) is 24.1. The van der Waals surface area contributed by atoms with Gasteiger partial charge < -0.3 is 5.32 Å². The Bertz CT molecular complexity index is 866. The van der Waals surface area contributed by atoms with Gasteiger partial charge in [-0.25, -0.2) is 0 Å². The van der Waals surface area contributed by atoms with E-state index in [4.69, 9.17) is 16.6 Å². The van der Waals surface area contributed by atoms with E-state index in [1.165, 1.54) is 47.0 Å². The van der Waals surface area contributed by atoms with E-state index in [0.29, 0.717) is 0 Å². The molecule has 0 aromatic heterocycles. The standard InChI is InChI=1S/C22H23ClN2S/c23-18-6-3-5-17(14-18)22(8-9-22)25-20-21(10-12-26-13-11-21)15-16-4-1-2-7-19(16)24-20/h1-7,14H,8-13,15H2,(H,24,25). The first-order chi connectivity index (χ1) is 12.7. The van der Waals surface area contributed by atoms with Gasteiger partial charge in [-0.3, -0.25) is 4.99 Å². The molecule has 4 heteroatoms. The molecule has 0 atom stereocenters. The average Bonchev–Trinajstić information content (AvgIpc) is 3.44. The van der Waals surface area contributed by atoms with Crippen LogP contribution in [0.25, 0.3) is 0 Å². The summed E-state index contributed by atoms with van der Waals surface area (Å²) in [6.07, 6.45) is 5.77. The Morgan fingerprint density at radius 1 is 0.962 bits per heavy atom. The third kappa shape index (κ3) is 2.86. The van der Waals surface area contributed by atoms with Crippen LogP contribution in [0.2, 0.25) is 5.02 Å². The number of nitrogens with one attached hydrogen (secondary N) is 1. The Balaban J connectivity index is 1.58. The van der Waals surface area contributed by atoms with Gasteiger partial charge in [0.15, 0.2) is 0 Å². The van der Waals surface area contributed by atoms with E-state index in [1.54, 1.807) is 0 Å². The summed E-state index contributed by atoms with van der Waals surface area (Å²) in [5, 5.41) is 4.55. The molecule has 1 spiro atoms. The molecule has 2 aliphatic heterocycles. The molecule has 5 rings (SSSR count). The second-order valence-electron chi connectivity index (χ2n) is 7.85. The third-order valence-electron chi connectivity index (χ3n) is 6.16. The molecule has 1 N–H and O–H groups in total. The number of hydrogen-bond donors (Lipinski definition) is 1. The van der Waals surface area contributed by atoms with Gasteiger partial charge in [0, 0.05) is 16.1 Å². The van der Waals surface area contributed by atoms with Gasteiger partial charge in [0.25, 0.3) is 0 Å². The highest BCUT2D eigenvalue weighted by Crippen LogP contribution is 2.52. The van der Waals surface area contributed by atoms with Crippen molar-refractivity contribution >= 4 is 34.9 Å². The van der Waals surface area contributed by atoms with Crippen LogP contribution in [0.3, 0.4) is 0 Å². The van der Waals surface area contributed by atoms with Crippen molar-refractivity contribution in [3.8, 4) is 0 Å². The summed E-state index contributed by atoms with van der Waals surface area (Å²) in [4.78, 5) is 5.40. The van der Waals surface area contributed by atoms with Crippen molar-refractivity contribution in [2.75, 3.05) is 16.8 Å². The molecule has 1 saturated carbocycles. The van der Waals surface area contributed by atoms with E-state index in [9.17, 15) is 0 Å². The van der Waals surface area contributed by atoms with E-state index >= 15 is 0 Å². The lowest BCUT2D eigenvalue weighted by molar-refractivity contribution is 0.375. The van der Waals surface area contributed by atoms with Crippen molar-refractivity contribution in [2.45, 2.75) is 37.6 Å². The van der Waals surface area contributed by atoms with Crippen molar-refractivity contribution in [1.82, 2.24) is 0 Å². The summed E-state index contributed by atoms with van der Waals surface area (Å²) in [6, 6.07) is 17.0. The van der Waals surface area contributed by atoms with E-state index < -0.39 is 0 Å². The smallest absolute Gasteiger partial charge is 0.108 e. The van der Waals surface area contributed by atoms with Crippen LogP contribution in [0.15, 0.2) is 53.5 Å². The monoisotopic (exact) mass is 382 g/mol. The highest BCUT2D eigenvalue weighted by atomic mass is 35.5. The van der Waals surface area contributed by atoms with Crippen LogP contribution in [0, 0.1) is 5.41 Å². The quantitative estimate of drug-likeness (QED) is 0.698. The number of rotatable bonds is 2. The fourth-order valence-corrected chi connectivity index (χ4v) is 5.87. The highest BCUT2D eigenvalue weighted by molar-refractivity contribution is 7.99. The Morgan fingerprint density at radius 3 is 2.54 bits per heavy atom. The molecular weight excluding hydrogens is 360 g/mol. The van der Waals surface area contributed by atoms with E-state index in [2.05, 4.69) is 59.5 Å². The summed E-state index contributed by atoms with van der Waals surface area (Å²) in [5.74, 6) is 3.68. The van der Waals surface area contributed by atoms with Gasteiger partial charge in [0.2, 0.25) is 0 Å². The van der Waals surface area contributed by atoms with Gasteiger partial charge in [-0.1, -0.05) is 41.9 Å². The van der Waals surface area contributed by atoms with Crippen LogP contribution in [0.1, 0.15) is 36.8 Å². The fraction of sp³-hybridized carbons (Fsp3) is 0.409. The maximum absolute atomic E-state index is 6.26. The zero-order chi connectivity index (χ0) is 17.6. The van der Waals surface area contributed by atoms with Gasteiger partial charge in [0.05, 0.1) is 5.54 Å². The van der Waals surface area contributed by atoms with Gasteiger partial charge in [0.1, 0.15) is 5.84 Å². The Labute approximate surface area is 164 Å². The first kappa shape index (κ1) is 16.7. The number of para-hydroxylation sites is 1. The molecule has 1 saturated heterocycles. The number of nitrogens with zero attached hydrogens (tertiary/aromatic N) is 1. The van der Waals surface area contributed by atoms with E-state index in [-0.39, 0.29) is 11.0 Å². The van der Waals surface area contributed by atoms with Crippen LogP contribution in [-0.2, 0) is 12.0 Å². The largest absolute Gasteiger partial charge is 0.343 e. The number of halogens is 1. The number of hydrogen-bond acceptors (Lipinski definition) is 2. The number of benzene rings is 2. The molecule has 0 radical (unpaired) electrons. The Hall–Kier alpha value is -1.45. The summed E-state index contributed by atoms with van der Waals surface area (Å²) < 4.78 is 0. The van der Waals surface area contributed by atoms with Crippen LogP contribution in [-0.4, -0.2) is 17.3 Å². The molecule has 0 amide bonds. The maximum Gasteiger partial charge on any atom is 0.108 e. The number of amidine groups is 1. The van der Waals surface area contributed by atoms with Crippen LogP contribution >= 0.6 is 23.4 Å². The van der Waals surface area contributed by atoms with Gasteiger partial charge in [-0.2, -0.15) is 11.8 Å². The summed E-state index contributed by atoms with van der Waals surface area (Å²) in [5.41, 5.74) is 4.03. The molecular formula is C22H23ClN2S. The predicted octanol–water partition coefficient (Wildman–Crippen LogP) is 5.91. The number of aliphatic imine (C=N–C) groups is 1. The first-order valence-electron chi connectivity index (χ1n) is 9.48. The zero-order valence-corrected chi connectivity index (χ0v) is 16.4. The maximum atomic E-state index is 6.26. The van der Waals surface area contributed by atoms with Gasteiger partial charge in [-0.05, 0) is 72.9 Å². The summed E-state index contributed by atoms with van der Waals surface area (Å²) in [6.45, 7) is 0. The van der Waals surface area contributed by atoms with Crippen molar-refractivity contribution in [3.63, 3.8) is 0 Å². The molecule has 0 bridgehead atoms. The molecule has 134 valence electrons. The average molecular weight is 383 g/mol. The minimum Gasteiger partial charge on any atom is -0.343 e. The van der Waals surface area contributed by atoms with Crippen LogP contribution in [0.5, 0.6) is 0 Å². The molecule has 2 aromatic rings. The predicted molar refractivity (Wildman–Crippen MR) is 113 cm³/mol. The molecule has 3 aliphatic rings. The van der Waals surface area contributed by atoms with Crippen molar-refractivity contribution in [3.05, 3.63) is 64.7 Å². The number of anilines is 1. The lowest BCUT2D eigenvalue weighted by Gasteiger charge is -2.43. The minimum atomic E-state index is -0.0723. The lowest BCUT2D eigenvalue weighted by atomic mass is 9.72. The van der Waals surface area contributed by atoms with E-state index in [0.717, 1.165) is 24.3 Å². The Morgan fingerprint density at radius 2 is 1.77 bits per heavy atom. The molecule has 2 aromatic carbocycles. The second-order valence-corrected chi connectivity index (χ2v) is 9.52. The lowest BCUT2D eigenvalue weighted by Crippen LogP contribution is -2.45. The second kappa shape index (κ2) is 6.31. The summed E-state index contributed by atoms with van der Waals surface area (Å²) >= 11 is 8.34. The third-order valence-corrected chi connectivity index (χ3v) is 7.38. The number of thioether (sulfide) groups is 1. The summed E-state index contributed by atoms with van der Waals surface area (Å²) in [7, 11) is 0. The first-order valence-corrected chi connectivity index (χ1v) is 11.0. The van der Waals surface area contributed by atoms with Gasteiger partial charge >= 0.3 is 0 Å². The topological polar surface area (TPSA) is 24.4 Å². The SMILES string of the molecule is Clc1cccc(C2(N=C3Nc4ccccc4CC34CCSCC4)CC2)c1. The number of fused-ring (bicyclic) bond motifs is 1. The van der Waals surface area contributed by atoms with Crippen molar-refractivity contribution in [2.24, 2.45) is 10.4 Å². The van der Waals surface area contributed by atoms with Crippen molar-refractivity contribution < 1.29 is 0 Å². The molecule has 2 nitrogen and oxygen atoms in total. The minimum absolute atomic E-state index is 0.0723. The highest BCUT2D eigenvalue weighted by Gasteiger charge is 2.48. The van der Waals surface area contributed by atoms with E-state index in [1.807, 2.05) is 6.07 Å². The van der Waals surface area contributed by atoms with Gasteiger partial charge in [-0.15, -0.1) is 0 Å². The molecule has 1 aliphatic carbocycles. The molecule has 26 heavy (non-hydrogen) atoms.